The molecule has 0 saturated carbocycles. The van der Waals surface area contributed by atoms with Crippen LogP contribution in [-0.4, -0.2) is 68.3 Å². The van der Waals surface area contributed by atoms with Crippen LogP contribution < -0.4 is 0 Å². The zero-order chi connectivity index (χ0) is 30.1. The Morgan fingerprint density at radius 1 is 0.500 bits per heavy atom. The normalized spacial score (nSPS) is 14.0. The van der Waals surface area contributed by atoms with Crippen molar-refractivity contribution in [3.8, 4) is 12.3 Å². The van der Waals surface area contributed by atoms with E-state index in [2.05, 4.69) is 12.5 Å². The number of hydrogen-bond donors (Lipinski definition) is 6. The highest BCUT2D eigenvalue weighted by molar-refractivity contribution is 4.82. The summed E-state index contributed by atoms with van der Waals surface area (Å²) in [5.41, 5.74) is 0. The smallest absolute Gasteiger partial charge is 0.0795 e. The molecule has 0 fully saturated rings. The Kier molecular flexibility index (Phi) is 35.3. The van der Waals surface area contributed by atoms with Gasteiger partial charge >= 0.3 is 0 Å². The molecule has 0 aromatic carbocycles. The third kappa shape index (κ3) is 35.1. The minimum Gasteiger partial charge on any atom is -0.394 e. The first-order valence-electron chi connectivity index (χ1n) is 16.4. The van der Waals surface area contributed by atoms with Crippen molar-refractivity contribution in [3.05, 3.63) is 12.7 Å². The van der Waals surface area contributed by atoms with Crippen molar-refractivity contribution in [1.29, 1.82) is 0 Å². The molecular formula is C34H66O6. The van der Waals surface area contributed by atoms with Gasteiger partial charge in [-0.15, -0.1) is 18.9 Å². The second kappa shape index (κ2) is 34.3. The molecule has 0 aliphatic heterocycles. The van der Waals surface area contributed by atoms with E-state index < -0.39 is 24.4 Å². The maximum atomic E-state index is 9.62. The average molecular weight is 571 g/mol. The number of rotatable bonds is 29. The fourth-order valence-electron chi connectivity index (χ4n) is 4.76. The average Bonchev–Trinajstić information content (AvgIpc) is 2.94. The third-order valence-electron chi connectivity index (χ3n) is 7.31. The largest absolute Gasteiger partial charge is 0.394 e. The summed E-state index contributed by atoms with van der Waals surface area (Å²) in [7, 11) is 0. The van der Waals surface area contributed by atoms with Crippen LogP contribution in [-0.2, 0) is 0 Å². The lowest BCUT2D eigenvalue weighted by atomic mass is 10.0. The highest BCUT2D eigenvalue weighted by atomic mass is 16.3. The maximum Gasteiger partial charge on any atom is 0.0795 e. The molecule has 0 amide bonds. The van der Waals surface area contributed by atoms with Crippen LogP contribution in [0.3, 0.4) is 0 Å². The molecule has 0 radical (unpaired) electrons. The highest BCUT2D eigenvalue weighted by Crippen LogP contribution is 2.15. The number of unbranched alkanes of at least 4 members (excludes halogenated alkanes) is 18. The maximum absolute atomic E-state index is 9.62. The summed E-state index contributed by atoms with van der Waals surface area (Å²) in [4.78, 5) is 0. The molecule has 4 atom stereocenters. The Morgan fingerprint density at radius 3 is 1.15 bits per heavy atom. The topological polar surface area (TPSA) is 121 Å². The number of allylic oxidation sites excluding steroid dienone is 1. The van der Waals surface area contributed by atoms with Gasteiger partial charge in [-0.3, -0.25) is 0 Å². The lowest BCUT2D eigenvalue weighted by Gasteiger charge is -2.13. The Morgan fingerprint density at radius 2 is 0.825 bits per heavy atom. The van der Waals surface area contributed by atoms with E-state index in [0.717, 1.165) is 57.8 Å². The monoisotopic (exact) mass is 570 g/mol. The van der Waals surface area contributed by atoms with Crippen LogP contribution >= 0.6 is 0 Å². The van der Waals surface area contributed by atoms with Gasteiger partial charge in [-0.05, 0) is 32.1 Å². The van der Waals surface area contributed by atoms with E-state index in [1.807, 2.05) is 6.08 Å². The third-order valence-corrected chi connectivity index (χ3v) is 7.31. The SMILES string of the molecule is C#CCCCCCCCCCCCC(O)CC(O)CO.C=CCCCCCCCCCCCC(O)CC(O)CO. The molecule has 40 heavy (non-hydrogen) atoms. The Labute approximate surface area is 247 Å². The zero-order valence-corrected chi connectivity index (χ0v) is 25.7. The lowest BCUT2D eigenvalue weighted by molar-refractivity contribution is 0.0377. The molecule has 0 rings (SSSR count). The van der Waals surface area contributed by atoms with Crippen LogP contribution in [0, 0.1) is 12.3 Å². The summed E-state index contributed by atoms with van der Waals surface area (Å²) in [5, 5.41) is 55.0. The fraction of sp³-hybridized carbons (Fsp3) is 0.882. The Hall–Kier alpha value is -0.940. The van der Waals surface area contributed by atoms with Gasteiger partial charge in [0.2, 0.25) is 0 Å². The van der Waals surface area contributed by atoms with Crippen molar-refractivity contribution < 1.29 is 30.6 Å². The molecular weight excluding hydrogens is 504 g/mol. The fourth-order valence-corrected chi connectivity index (χ4v) is 4.76. The second-order valence-electron chi connectivity index (χ2n) is 11.4. The van der Waals surface area contributed by atoms with E-state index in [9.17, 15) is 20.4 Å². The summed E-state index contributed by atoms with van der Waals surface area (Å²) in [6.45, 7) is 3.20. The van der Waals surface area contributed by atoms with Crippen molar-refractivity contribution in [2.45, 2.75) is 179 Å². The van der Waals surface area contributed by atoms with Crippen molar-refractivity contribution in [1.82, 2.24) is 0 Å². The van der Waals surface area contributed by atoms with E-state index in [1.165, 1.54) is 83.5 Å². The van der Waals surface area contributed by atoms with Crippen LogP contribution in [0.4, 0.5) is 0 Å². The number of aliphatic hydroxyl groups excluding tert-OH is 6. The molecule has 0 bridgehead atoms. The molecule has 0 saturated heterocycles. The number of terminal acetylenes is 1. The predicted octanol–water partition coefficient (Wildman–Crippen LogP) is 6.58. The minimum absolute atomic E-state index is 0.260. The Bertz CT molecular complexity index is 535. The van der Waals surface area contributed by atoms with Gasteiger partial charge in [-0.2, -0.15) is 0 Å². The molecule has 6 nitrogen and oxygen atoms in total. The van der Waals surface area contributed by atoms with Crippen LogP contribution in [0.15, 0.2) is 12.7 Å². The summed E-state index contributed by atoms with van der Waals surface area (Å²) in [6, 6.07) is 0. The van der Waals surface area contributed by atoms with Gasteiger partial charge in [0.05, 0.1) is 37.6 Å². The van der Waals surface area contributed by atoms with Gasteiger partial charge in [0.15, 0.2) is 0 Å². The van der Waals surface area contributed by atoms with Gasteiger partial charge in [0, 0.05) is 19.3 Å². The quantitative estimate of drug-likeness (QED) is 0.0343. The first-order valence-corrected chi connectivity index (χ1v) is 16.4. The number of aliphatic hydroxyl groups is 6. The first kappa shape index (κ1) is 41.2. The minimum atomic E-state index is -0.778. The summed E-state index contributed by atoms with van der Waals surface area (Å²) < 4.78 is 0. The van der Waals surface area contributed by atoms with Crippen LogP contribution in [0.5, 0.6) is 0 Å². The summed E-state index contributed by atoms with van der Waals surface area (Å²) >= 11 is 0. The molecule has 4 unspecified atom stereocenters. The summed E-state index contributed by atoms with van der Waals surface area (Å²) in [5.74, 6) is 2.67. The van der Waals surface area contributed by atoms with Crippen molar-refractivity contribution in [2.75, 3.05) is 13.2 Å². The van der Waals surface area contributed by atoms with Crippen molar-refractivity contribution >= 4 is 0 Å². The highest BCUT2D eigenvalue weighted by Gasteiger charge is 2.11. The Balaban J connectivity index is 0. The van der Waals surface area contributed by atoms with E-state index in [-0.39, 0.29) is 19.6 Å². The van der Waals surface area contributed by atoms with Crippen molar-refractivity contribution in [3.63, 3.8) is 0 Å². The molecule has 0 aromatic heterocycles. The molecule has 0 spiro atoms. The zero-order valence-electron chi connectivity index (χ0n) is 25.7. The van der Waals surface area contributed by atoms with Crippen LogP contribution in [0.25, 0.3) is 0 Å². The standard InChI is InChI=1S/C17H34O3.C17H32O3/c2*1-2-3-4-5-6-7-8-9-10-11-12-13-16(19)14-17(20)15-18/h2,16-20H,1,3-15H2;1,16-20H,3-15H2. The van der Waals surface area contributed by atoms with Crippen molar-refractivity contribution in [2.24, 2.45) is 0 Å². The molecule has 0 heterocycles. The van der Waals surface area contributed by atoms with Crippen LogP contribution in [0.1, 0.15) is 154 Å². The number of hydrogen-bond acceptors (Lipinski definition) is 6. The predicted molar refractivity (Wildman–Crippen MR) is 168 cm³/mol. The van der Waals surface area contributed by atoms with Gasteiger partial charge in [0.1, 0.15) is 0 Å². The molecule has 0 aliphatic rings. The van der Waals surface area contributed by atoms with Gasteiger partial charge in [0.25, 0.3) is 0 Å². The molecule has 0 aromatic rings. The molecule has 0 aliphatic carbocycles. The molecule has 6 heteroatoms. The van der Waals surface area contributed by atoms with E-state index in [0.29, 0.717) is 6.42 Å². The lowest BCUT2D eigenvalue weighted by Crippen LogP contribution is -2.20. The van der Waals surface area contributed by atoms with E-state index in [4.69, 9.17) is 16.6 Å². The second-order valence-corrected chi connectivity index (χ2v) is 11.4. The van der Waals surface area contributed by atoms with Gasteiger partial charge < -0.3 is 30.6 Å². The van der Waals surface area contributed by atoms with E-state index >= 15 is 0 Å². The van der Waals surface area contributed by atoms with Gasteiger partial charge in [-0.1, -0.05) is 109 Å². The molecule has 6 N–H and O–H groups in total. The first-order chi connectivity index (χ1) is 19.4. The van der Waals surface area contributed by atoms with Gasteiger partial charge in [-0.25, -0.2) is 0 Å². The summed E-state index contributed by atoms with van der Waals surface area (Å²) in [6.07, 6.45) is 31.0. The van der Waals surface area contributed by atoms with E-state index in [1.54, 1.807) is 0 Å². The molecule has 238 valence electrons. The van der Waals surface area contributed by atoms with Crippen LogP contribution in [0.2, 0.25) is 0 Å².